The van der Waals surface area contributed by atoms with Crippen LogP contribution in [0.3, 0.4) is 0 Å². The van der Waals surface area contributed by atoms with Crippen LogP contribution in [0.4, 0.5) is 5.95 Å². The number of hydrogen-bond donors (Lipinski definition) is 1. The molecule has 0 aliphatic carbocycles. The van der Waals surface area contributed by atoms with Crippen LogP contribution in [0.25, 0.3) is 11.2 Å². The van der Waals surface area contributed by atoms with E-state index in [0.29, 0.717) is 5.56 Å². The molecule has 218 valence electrons. The summed E-state index contributed by atoms with van der Waals surface area (Å²) in [5, 5.41) is -0.0627. The van der Waals surface area contributed by atoms with E-state index in [2.05, 4.69) is 15.0 Å². The summed E-state index contributed by atoms with van der Waals surface area (Å²) in [6.45, 7) is -0.446. The lowest BCUT2D eigenvalue weighted by molar-refractivity contribution is -0.159. The van der Waals surface area contributed by atoms with Crippen molar-refractivity contribution in [3.05, 3.63) is 47.4 Å². The van der Waals surface area contributed by atoms with Crippen molar-refractivity contribution in [1.29, 1.82) is 0 Å². The lowest BCUT2D eigenvalue weighted by atomic mass is 9.96. The maximum Gasteiger partial charge on any atom is 0.303 e. The van der Waals surface area contributed by atoms with E-state index in [0.717, 1.165) is 19.4 Å². The van der Waals surface area contributed by atoms with Crippen LogP contribution in [-0.2, 0) is 54.2 Å². The van der Waals surface area contributed by atoms with E-state index in [1.165, 1.54) is 10.9 Å². The maximum absolute atomic E-state index is 12.3. The Labute approximate surface area is 234 Å². The summed E-state index contributed by atoms with van der Waals surface area (Å²) in [6.07, 6.45) is -1.09. The molecule has 3 aromatic rings. The molecule has 0 saturated carbocycles. The third-order valence-electron chi connectivity index (χ3n) is 5.73. The highest BCUT2D eigenvalue weighted by molar-refractivity contribution is 7.86. The van der Waals surface area contributed by atoms with Crippen LogP contribution in [0.15, 0.2) is 36.7 Å². The van der Waals surface area contributed by atoms with Crippen molar-refractivity contribution >= 4 is 54.9 Å². The van der Waals surface area contributed by atoms with Crippen LogP contribution < -0.4 is 5.73 Å². The van der Waals surface area contributed by atoms with Crippen molar-refractivity contribution in [2.24, 2.45) is 0 Å². The molecule has 0 bridgehead atoms. The Hall–Kier alpha value is -2.93. The normalized spacial score (nSPS) is 21.1. The molecule has 0 unspecified atom stereocenters. The Morgan fingerprint density at radius 3 is 2.30 bits per heavy atom. The van der Waals surface area contributed by atoms with Gasteiger partial charge in [0.15, 0.2) is 28.7 Å². The minimum Gasteiger partial charge on any atom is -0.455 e. The van der Waals surface area contributed by atoms with Gasteiger partial charge in [-0.05, 0) is 5.56 Å². The zero-order valence-electron chi connectivity index (χ0n) is 21.5. The van der Waals surface area contributed by atoms with Crippen molar-refractivity contribution in [2.75, 3.05) is 31.5 Å². The average Bonchev–Trinajstić information content (AvgIpc) is 3.39. The smallest absolute Gasteiger partial charge is 0.303 e. The van der Waals surface area contributed by atoms with Gasteiger partial charge in [-0.3, -0.25) is 17.7 Å². The molecule has 3 atom stereocenters. The minimum absolute atomic E-state index is 0.0627. The van der Waals surface area contributed by atoms with Gasteiger partial charge in [0.25, 0.3) is 20.2 Å². The summed E-state index contributed by atoms with van der Waals surface area (Å²) in [5.41, 5.74) is 4.76. The van der Waals surface area contributed by atoms with Crippen molar-refractivity contribution in [1.82, 2.24) is 19.5 Å². The van der Waals surface area contributed by atoms with Crippen molar-refractivity contribution in [2.45, 2.75) is 37.6 Å². The fraction of sp³-hybridized carbons (Fsp3) is 0.455. The van der Waals surface area contributed by atoms with E-state index >= 15 is 0 Å². The Bertz CT molecular complexity index is 1560. The first-order valence-electron chi connectivity index (χ1n) is 11.5. The van der Waals surface area contributed by atoms with E-state index in [9.17, 15) is 21.6 Å². The molecule has 40 heavy (non-hydrogen) atoms. The number of carbonyl (C=O) groups excluding carboxylic acids is 1. The zero-order valence-corrected chi connectivity index (χ0v) is 23.8. The molecule has 1 aliphatic heterocycles. The number of nitrogens with zero attached hydrogens (tertiary/aromatic N) is 4. The molecule has 0 radical (unpaired) electrons. The third-order valence-corrected chi connectivity index (χ3v) is 7.09. The summed E-state index contributed by atoms with van der Waals surface area (Å²) < 4.78 is 77.6. The fourth-order valence-corrected chi connectivity index (χ4v) is 5.18. The molecule has 15 nitrogen and oxygen atoms in total. The Morgan fingerprint density at radius 1 is 1.10 bits per heavy atom. The number of ether oxygens (including phenoxy) is 3. The first-order chi connectivity index (χ1) is 18.7. The second kappa shape index (κ2) is 11.5. The quantitative estimate of drug-likeness (QED) is 0.179. The lowest BCUT2D eigenvalue weighted by Crippen LogP contribution is -2.53. The summed E-state index contributed by atoms with van der Waals surface area (Å²) in [6, 6.07) is 8.87. The number of imidazole rings is 1. The van der Waals surface area contributed by atoms with Gasteiger partial charge in [-0.1, -0.05) is 41.9 Å². The number of halogens is 1. The van der Waals surface area contributed by atoms with E-state index in [1.807, 2.05) is 0 Å². The SMILES string of the molecule is CC(=O)O[C@H]1[C@H](n2cnc3c(Cl)nc(N)nc32)OC(COS(C)(=O)=O)(COS(C)(=O)=O)[C@@H]1OCc1ccccc1. The molecule has 2 aromatic heterocycles. The van der Waals surface area contributed by atoms with E-state index in [-0.39, 0.29) is 28.9 Å². The third kappa shape index (κ3) is 7.03. The average molecular weight is 620 g/mol. The van der Waals surface area contributed by atoms with Gasteiger partial charge in [-0.2, -0.15) is 26.8 Å². The molecule has 18 heteroatoms. The van der Waals surface area contributed by atoms with Gasteiger partial charge in [0, 0.05) is 6.92 Å². The predicted octanol–water partition coefficient (Wildman–Crippen LogP) is 0.799. The van der Waals surface area contributed by atoms with Crippen molar-refractivity contribution in [3.63, 3.8) is 0 Å². The van der Waals surface area contributed by atoms with Gasteiger partial charge < -0.3 is 19.9 Å². The highest BCUT2D eigenvalue weighted by Gasteiger charge is 2.60. The Kier molecular flexibility index (Phi) is 8.65. The standard InChI is InChI=1S/C22H26ClN5O10S2/c1-13(29)37-16-17(34-9-14-7-5-4-6-8-14)22(10-35-39(2,30)31,11-36-40(3,32)33)38-20(16)28-12-25-15-18(23)26-21(24)27-19(15)28/h4-8,12,16-17,20H,9-11H2,1-3H3,(H2,24,26,27)/t16-,17-,20-/m1/s1. The molecule has 1 fully saturated rings. The number of nitrogens with two attached hydrogens (primary N) is 1. The molecule has 1 aliphatic rings. The van der Waals surface area contributed by atoms with Crippen LogP contribution in [0, 0.1) is 0 Å². The highest BCUT2D eigenvalue weighted by atomic mass is 35.5. The summed E-state index contributed by atoms with van der Waals surface area (Å²) >= 11 is 6.17. The van der Waals surface area contributed by atoms with Crippen molar-refractivity contribution < 1.29 is 44.2 Å². The van der Waals surface area contributed by atoms with Crippen LogP contribution in [-0.4, -0.2) is 85.9 Å². The first kappa shape index (κ1) is 30.0. The summed E-state index contributed by atoms with van der Waals surface area (Å²) in [4.78, 5) is 24.5. The molecule has 2 N–H and O–H groups in total. The highest BCUT2D eigenvalue weighted by Crippen LogP contribution is 2.43. The van der Waals surface area contributed by atoms with E-state index < -0.39 is 63.5 Å². The number of fused-ring (bicyclic) bond motifs is 1. The number of nitrogen functional groups attached to an aromatic ring is 1. The maximum atomic E-state index is 12.3. The number of benzene rings is 1. The van der Waals surface area contributed by atoms with Gasteiger partial charge in [0.1, 0.15) is 24.8 Å². The number of aromatic nitrogens is 4. The molecule has 1 aromatic carbocycles. The van der Waals surface area contributed by atoms with E-state index in [4.69, 9.17) is 39.9 Å². The first-order valence-corrected chi connectivity index (χ1v) is 15.5. The second-order valence-corrected chi connectivity index (χ2v) is 12.6. The zero-order chi connectivity index (χ0) is 29.3. The molecular formula is C22H26ClN5O10S2. The fourth-order valence-electron chi connectivity index (χ4n) is 4.13. The Balaban J connectivity index is 1.87. The van der Waals surface area contributed by atoms with Gasteiger partial charge in [0.2, 0.25) is 5.95 Å². The van der Waals surface area contributed by atoms with Gasteiger partial charge in [-0.15, -0.1) is 0 Å². The van der Waals surface area contributed by atoms with Crippen LogP contribution >= 0.6 is 11.6 Å². The monoisotopic (exact) mass is 619 g/mol. The minimum atomic E-state index is -4.07. The lowest BCUT2D eigenvalue weighted by Gasteiger charge is -2.33. The number of esters is 1. The van der Waals surface area contributed by atoms with Crippen LogP contribution in [0.1, 0.15) is 18.7 Å². The largest absolute Gasteiger partial charge is 0.455 e. The number of carbonyl (C=O) groups is 1. The van der Waals surface area contributed by atoms with E-state index in [1.54, 1.807) is 30.3 Å². The molecule has 4 rings (SSSR count). The Morgan fingerprint density at radius 2 is 1.73 bits per heavy atom. The number of rotatable bonds is 11. The van der Waals surface area contributed by atoms with Crippen LogP contribution in [0.2, 0.25) is 5.15 Å². The molecule has 0 amide bonds. The molecule has 3 heterocycles. The van der Waals surface area contributed by atoms with Crippen LogP contribution in [0.5, 0.6) is 0 Å². The van der Waals surface area contributed by atoms with Gasteiger partial charge in [0.05, 0.1) is 25.4 Å². The summed E-state index contributed by atoms with van der Waals surface area (Å²) in [5.74, 6) is -0.933. The predicted molar refractivity (Wildman–Crippen MR) is 140 cm³/mol. The van der Waals surface area contributed by atoms with Crippen molar-refractivity contribution in [3.8, 4) is 0 Å². The van der Waals surface area contributed by atoms with Gasteiger partial charge >= 0.3 is 5.97 Å². The van der Waals surface area contributed by atoms with Gasteiger partial charge in [-0.25, -0.2) is 4.98 Å². The number of anilines is 1. The second-order valence-electron chi connectivity index (χ2n) is 8.99. The summed E-state index contributed by atoms with van der Waals surface area (Å²) in [7, 11) is -8.15. The molecule has 0 spiro atoms. The molecule has 1 saturated heterocycles. The topological polar surface area (TPSA) is 201 Å². The number of hydrogen-bond acceptors (Lipinski definition) is 14. The molecular weight excluding hydrogens is 594 g/mol.